The van der Waals surface area contributed by atoms with E-state index in [-0.39, 0.29) is 6.03 Å². The molecule has 3 aliphatic rings. The van der Waals surface area contributed by atoms with Gasteiger partial charge in [-0.05, 0) is 44.3 Å². The maximum absolute atomic E-state index is 10.6. The molecule has 0 unspecified atom stereocenters. The lowest BCUT2D eigenvalue weighted by Crippen LogP contribution is -2.53. The molecule has 13 heavy (non-hydrogen) atoms. The number of hydrogen-bond donors (Lipinski definition) is 2. The van der Waals surface area contributed by atoms with E-state index in [9.17, 15) is 4.79 Å². The van der Waals surface area contributed by atoms with Crippen LogP contribution < -0.4 is 11.1 Å². The molecule has 3 rings (SSSR count). The van der Waals surface area contributed by atoms with Gasteiger partial charge in [0, 0.05) is 6.54 Å². The van der Waals surface area contributed by atoms with Crippen molar-refractivity contribution in [2.45, 2.75) is 19.3 Å². The minimum Gasteiger partial charge on any atom is -0.352 e. The van der Waals surface area contributed by atoms with Gasteiger partial charge in [-0.25, -0.2) is 4.79 Å². The number of nitrogens with zero attached hydrogens (tertiary/aromatic N) is 1. The molecule has 0 atom stereocenters. The van der Waals surface area contributed by atoms with Crippen LogP contribution in [0.1, 0.15) is 19.3 Å². The Morgan fingerprint density at radius 1 is 1.31 bits per heavy atom. The molecular weight excluding hydrogens is 166 g/mol. The van der Waals surface area contributed by atoms with Gasteiger partial charge in [0.2, 0.25) is 0 Å². The van der Waals surface area contributed by atoms with Gasteiger partial charge < -0.3 is 16.0 Å². The molecule has 3 fully saturated rings. The van der Waals surface area contributed by atoms with Gasteiger partial charge in [-0.15, -0.1) is 0 Å². The van der Waals surface area contributed by atoms with Gasteiger partial charge in [0.05, 0.1) is 0 Å². The number of nitrogens with one attached hydrogen (secondary N) is 1. The summed E-state index contributed by atoms with van der Waals surface area (Å²) in [6.07, 6.45) is 3.65. The number of piperidine rings is 3. The minimum absolute atomic E-state index is 0.365. The second kappa shape index (κ2) is 3.18. The van der Waals surface area contributed by atoms with Gasteiger partial charge in [-0.2, -0.15) is 0 Å². The van der Waals surface area contributed by atoms with Crippen LogP contribution in [0.5, 0.6) is 0 Å². The summed E-state index contributed by atoms with van der Waals surface area (Å²) in [5.74, 6) is 0. The van der Waals surface area contributed by atoms with E-state index in [1.54, 1.807) is 0 Å². The first-order chi connectivity index (χ1) is 6.20. The number of fused-ring (bicyclic) bond motifs is 3. The fourth-order valence-corrected chi connectivity index (χ4v) is 2.44. The van der Waals surface area contributed by atoms with Crippen molar-refractivity contribution >= 4 is 6.03 Å². The number of primary amides is 1. The zero-order chi connectivity index (χ0) is 9.31. The predicted octanol–water partition coefficient (Wildman–Crippen LogP) is 0.141. The fraction of sp³-hybridized carbons (Fsp3) is 0.889. The summed E-state index contributed by atoms with van der Waals surface area (Å²) in [5, 5.41) is 2.75. The van der Waals surface area contributed by atoms with Crippen LogP contribution in [0, 0.1) is 5.41 Å². The van der Waals surface area contributed by atoms with E-state index in [4.69, 9.17) is 5.73 Å². The molecule has 74 valence electrons. The Morgan fingerprint density at radius 2 is 1.85 bits per heavy atom. The normalized spacial score (nSPS) is 37.4. The number of urea groups is 1. The molecule has 4 heteroatoms. The standard InChI is InChI=1S/C9H17N3O/c10-8(13)11-7-9-1-4-12(5-2-9)6-3-9/h1-7H2,(H3,10,11,13). The molecule has 3 aliphatic heterocycles. The monoisotopic (exact) mass is 183 g/mol. The molecule has 0 aromatic heterocycles. The molecule has 0 aromatic rings. The zero-order valence-corrected chi connectivity index (χ0v) is 7.88. The van der Waals surface area contributed by atoms with E-state index in [1.807, 2.05) is 0 Å². The van der Waals surface area contributed by atoms with E-state index in [1.165, 1.54) is 38.9 Å². The summed E-state index contributed by atoms with van der Waals surface area (Å²) < 4.78 is 0. The van der Waals surface area contributed by atoms with Crippen molar-refractivity contribution in [1.82, 2.24) is 10.2 Å². The van der Waals surface area contributed by atoms with Crippen molar-refractivity contribution in [1.29, 1.82) is 0 Å². The van der Waals surface area contributed by atoms with Crippen LogP contribution >= 0.6 is 0 Å². The number of amides is 2. The molecule has 2 amide bonds. The van der Waals surface area contributed by atoms with Crippen LogP contribution in [-0.4, -0.2) is 37.1 Å². The van der Waals surface area contributed by atoms with Crippen LogP contribution in [0.2, 0.25) is 0 Å². The summed E-state index contributed by atoms with van der Waals surface area (Å²) in [5.41, 5.74) is 5.44. The summed E-state index contributed by atoms with van der Waals surface area (Å²) in [4.78, 5) is 13.1. The van der Waals surface area contributed by atoms with E-state index >= 15 is 0 Å². The zero-order valence-electron chi connectivity index (χ0n) is 7.88. The average molecular weight is 183 g/mol. The van der Waals surface area contributed by atoms with Crippen LogP contribution in [0.4, 0.5) is 4.79 Å². The largest absolute Gasteiger partial charge is 0.352 e. The Hall–Kier alpha value is -0.770. The molecular formula is C9H17N3O. The SMILES string of the molecule is NC(=O)NCC12CCN(CC1)CC2. The van der Waals surface area contributed by atoms with Gasteiger partial charge in [0.25, 0.3) is 0 Å². The Labute approximate surface area is 78.5 Å². The van der Waals surface area contributed by atoms with E-state index in [0.717, 1.165) is 6.54 Å². The maximum Gasteiger partial charge on any atom is 0.312 e. The Bertz CT molecular complexity index is 195. The number of rotatable bonds is 2. The van der Waals surface area contributed by atoms with Crippen molar-refractivity contribution in [2.24, 2.45) is 11.1 Å². The Balaban J connectivity index is 1.91. The molecule has 3 saturated heterocycles. The van der Waals surface area contributed by atoms with Gasteiger partial charge in [0.15, 0.2) is 0 Å². The molecule has 0 aliphatic carbocycles. The molecule has 0 spiro atoms. The number of hydrogen-bond acceptors (Lipinski definition) is 2. The van der Waals surface area contributed by atoms with Crippen molar-refractivity contribution in [3.8, 4) is 0 Å². The minimum atomic E-state index is -0.387. The van der Waals surface area contributed by atoms with Crippen molar-refractivity contribution in [3.05, 3.63) is 0 Å². The van der Waals surface area contributed by atoms with Crippen molar-refractivity contribution in [3.63, 3.8) is 0 Å². The molecule has 2 bridgehead atoms. The highest BCUT2D eigenvalue weighted by molar-refractivity contribution is 5.71. The summed E-state index contributed by atoms with van der Waals surface area (Å²) in [6.45, 7) is 4.36. The second-order valence-electron chi connectivity index (χ2n) is 4.31. The number of carbonyl (C=O) groups excluding carboxylic acids is 1. The lowest BCUT2D eigenvalue weighted by molar-refractivity contribution is 0.0287. The lowest BCUT2D eigenvalue weighted by Gasteiger charge is -2.48. The van der Waals surface area contributed by atoms with Gasteiger partial charge in [-0.1, -0.05) is 0 Å². The summed E-state index contributed by atoms with van der Waals surface area (Å²) >= 11 is 0. The Kier molecular flexibility index (Phi) is 2.15. The van der Waals surface area contributed by atoms with Crippen molar-refractivity contribution in [2.75, 3.05) is 26.2 Å². The van der Waals surface area contributed by atoms with Gasteiger partial charge >= 0.3 is 6.03 Å². The second-order valence-corrected chi connectivity index (χ2v) is 4.31. The maximum atomic E-state index is 10.6. The third kappa shape index (κ3) is 1.77. The molecule has 0 saturated carbocycles. The topological polar surface area (TPSA) is 58.4 Å². The first-order valence-electron chi connectivity index (χ1n) is 4.96. The highest BCUT2D eigenvalue weighted by Gasteiger charge is 2.39. The first-order valence-corrected chi connectivity index (χ1v) is 4.96. The highest BCUT2D eigenvalue weighted by atomic mass is 16.2. The van der Waals surface area contributed by atoms with Crippen LogP contribution in [0.25, 0.3) is 0 Å². The highest BCUT2D eigenvalue weighted by Crippen LogP contribution is 2.39. The van der Waals surface area contributed by atoms with Crippen LogP contribution in [0.15, 0.2) is 0 Å². The fourth-order valence-electron chi connectivity index (χ4n) is 2.44. The van der Waals surface area contributed by atoms with Crippen molar-refractivity contribution < 1.29 is 4.79 Å². The van der Waals surface area contributed by atoms with Gasteiger partial charge in [-0.3, -0.25) is 0 Å². The molecule has 4 nitrogen and oxygen atoms in total. The number of nitrogens with two attached hydrogens (primary N) is 1. The first kappa shape index (κ1) is 8.81. The predicted molar refractivity (Wildman–Crippen MR) is 50.3 cm³/mol. The van der Waals surface area contributed by atoms with Gasteiger partial charge in [0.1, 0.15) is 0 Å². The summed E-state index contributed by atoms with van der Waals surface area (Å²) in [6, 6.07) is -0.387. The quantitative estimate of drug-likeness (QED) is 0.640. The molecule has 0 radical (unpaired) electrons. The van der Waals surface area contributed by atoms with E-state index < -0.39 is 0 Å². The molecule has 3 N–H and O–H groups in total. The number of carbonyl (C=O) groups is 1. The smallest absolute Gasteiger partial charge is 0.312 e. The average Bonchev–Trinajstić information content (AvgIpc) is 2.18. The summed E-state index contributed by atoms with van der Waals surface area (Å²) in [7, 11) is 0. The van der Waals surface area contributed by atoms with E-state index in [0.29, 0.717) is 5.41 Å². The Morgan fingerprint density at radius 3 is 2.31 bits per heavy atom. The van der Waals surface area contributed by atoms with Crippen LogP contribution in [0.3, 0.4) is 0 Å². The third-order valence-corrected chi connectivity index (χ3v) is 3.51. The molecule has 3 heterocycles. The third-order valence-electron chi connectivity index (χ3n) is 3.51. The van der Waals surface area contributed by atoms with E-state index in [2.05, 4.69) is 10.2 Å². The molecule has 0 aromatic carbocycles. The lowest BCUT2D eigenvalue weighted by atomic mass is 9.72. The van der Waals surface area contributed by atoms with Crippen LogP contribution in [-0.2, 0) is 0 Å².